The minimum atomic E-state index is 1.27. The van der Waals surface area contributed by atoms with E-state index in [-0.39, 0.29) is 0 Å². The van der Waals surface area contributed by atoms with Crippen LogP contribution in [0.1, 0.15) is 0 Å². The molecule has 0 unspecified atom stereocenters. The smallest absolute Gasteiger partial charge is 0.0355 e. The monoisotopic (exact) mass is 336 g/mol. The molecule has 1 aromatic heterocycles. The van der Waals surface area contributed by atoms with Crippen molar-refractivity contribution in [2.24, 2.45) is 0 Å². The summed E-state index contributed by atoms with van der Waals surface area (Å²) in [5.74, 6) is 0. The summed E-state index contributed by atoms with van der Waals surface area (Å²) in [7, 11) is 0. The topological polar surface area (TPSA) is 0 Å². The van der Waals surface area contributed by atoms with Gasteiger partial charge in [-0.05, 0) is 44.1 Å². The SMILES string of the molecule is c1ccc(-c2c3ccccc3c(-c3cccs3)c3ccccc23)cc1. The average Bonchev–Trinajstić information content (AvgIpc) is 3.21. The lowest BCUT2D eigenvalue weighted by atomic mass is 9.88. The Morgan fingerprint density at radius 1 is 0.440 bits per heavy atom. The number of hydrogen-bond donors (Lipinski definition) is 0. The Bertz CT molecular complexity index is 1110. The summed E-state index contributed by atoms with van der Waals surface area (Å²) in [6.07, 6.45) is 0. The third-order valence-electron chi connectivity index (χ3n) is 4.76. The van der Waals surface area contributed by atoms with E-state index in [2.05, 4.69) is 96.4 Å². The van der Waals surface area contributed by atoms with Crippen LogP contribution in [0.3, 0.4) is 0 Å². The molecule has 0 atom stereocenters. The van der Waals surface area contributed by atoms with Crippen LogP contribution in [0.5, 0.6) is 0 Å². The summed E-state index contributed by atoms with van der Waals surface area (Å²) in [6.45, 7) is 0. The lowest BCUT2D eigenvalue weighted by Gasteiger charge is -2.16. The van der Waals surface area contributed by atoms with Crippen LogP contribution in [0.15, 0.2) is 96.4 Å². The third-order valence-corrected chi connectivity index (χ3v) is 5.65. The van der Waals surface area contributed by atoms with Crippen molar-refractivity contribution in [1.29, 1.82) is 0 Å². The van der Waals surface area contributed by atoms with E-state index < -0.39 is 0 Å². The predicted octanol–water partition coefficient (Wildman–Crippen LogP) is 7.39. The molecular formula is C24H16S. The van der Waals surface area contributed by atoms with Gasteiger partial charge in [0, 0.05) is 10.4 Å². The van der Waals surface area contributed by atoms with Gasteiger partial charge in [0.25, 0.3) is 0 Å². The Hall–Kier alpha value is -2.90. The van der Waals surface area contributed by atoms with E-state index in [4.69, 9.17) is 0 Å². The van der Waals surface area contributed by atoms with Gasteiger partial charge in [-0.25, -0.2) is 0 Å². The van der Waals surface area contributed by atoms with Crippen LogP contribution in [-0.4, -0.2) is 0 Å². The zero-order chi connectivity index (χ0) is 16.6. The second-order valence-corrected chi connectivity index (χ2v) is 7.13. The van der Waals surface area contributed by atoms with E-state index in [9.17, 15) is 0 Å². The van der Waals surface area contributed by atoms with Crippen molar-refractivity contribution >= 4 is 32.9 Å². The molecule has 1 heterocycles. The maximum Gasteiger partial charge on any atom is 0.0355 e. The minimum Gasteiger partial charge on any atom is -0.144 e. The summed E-state index contributed by atoms with van der Waals surface area (Å²) >= 11 is 1.81. The summed E-state index contributed by atoms with van der Waals surface area (Å²) < 4.78 is 0. The van der Waals surface area contributed by atoms with Gasteiger partial charge in [0.1, 0.15) is 0 Å². The van der Waals surface area contributed by atoms with Crippen LogP contribution in [0.25, 0.3) is 43.1 Å². The Balaban J connectivity index is 2.04. The molecule has 118 valence electrons. The van der Waals surface area contributed by atoms with Crippen molar-refractivity contribution in [3.05, 3.63) is 96.4 Å². The van der Waals surface area contributed by atoms with Gasteiger partial charge in [-0.2, -0.15) is 0 Å². The van der Waals surface area contributed by atoms with Crippen LogP contribution < -0.4 is 0 Å². The molecule has 0 aliphatic carbocycles. The molecule has 25 heavy (non-hydrogen) atoms. The zero-order valence-corrected chi connectivity index (χ0v) is 14.5. The van der Waals surface area contributed by atoms with E-state index in [1.54, 1.807) is 0 Å². The fraction of sp³-hybridized carbons (Fsp3) is 0. The number of thiophene rings is 1. The molecule has 0 aliphatic heterocycles. The van der Waals surface area contributed by atoms with Gasteiger partial charge < -0.3 is 0 Å². The number of benzene rings is 4. The maximum atomic E-state index is 2.25. The fourth-order valence-electron chi connectivity index (χ4n) is 3.73. The second kappa shape index (κ2) is 5.87. The first-order valence-corrected chi connectivity index (χ1v) is 9.34. The molecular weight excluding hydrogens is 320 g/mol. The molecule has 5 rings (SSSR count). The molecule has 4 aromatic carbocycles. The van der Waals surface area contributed by atoms with Crippen LogP contribution in [-0.2, 0) is 0 Å². The van der Waals surface area contributed by atoms with E-state index in [1.807, 2.05) is 11.3 Å². The fourth-order valence-corrected chi connectivity index (χ4v) is 4.53. The molecule has 0 saturated heterocycles. The molecule has 0 amide bonds. The molecule has 5 aromatic rings. The third kappa shape index (κ3) is 2.28. The Morgan fingerprint density at radius 2 is 0.960 bits per heavy atom. The first-order chi connectivity index (χ1) is 12.4. The summed E-state index contributed by atoms with van der Waals surface area (Å²) in [5.41, 5.74) is 3.95. The van der Waals surface area contributed by atoms with Gasteiger partial charge in [0.15, 0.2) is 0 Å². The number of rotatable bonds is 2. The lowest BCUT2D eigenvalue weighted by molar-refractivity contribution is 1.67. The highest BCUT2D eigenvalue weighted by Gasteiger charge is 2.16. The standard InChI is InChI=1S/C24H16S/c1-2-9-17(10-3-1)23-18-11-4-6-13-20(18)24(22-15-8-16-25-22)21-14-7-5-12-19(21)23/h1-16H. The van der Waals surface area contributed by atoms with Crippen LogP contribution in [0.2, 0.25) is 0 Å². The van der Waals surface area contributed by atoms with E-state index in [0.29, 0.717) is 0 Å². The van der Waals surface area contributed by atoms with Crippen LogP contribution >= 0.6 is 11.3 Å². The highest BCUT2D eigenvalue weighted by atomic mass is 32.1. The molecule has 0 nitrogen and oxygen atoms in total. The van der Waals surface area contributed by atoms with Crippen molar-refractivity contribution in [3.63, 3.8) is 0 Å². The van der Waals surface area contributed by atoms with E-state index >= 15 is 0 Å². The summed E-state index contributed by atoms with van der Waals surface area (Å²) in [4.78, 5) is 1.33. The first kappa shape index (κ1) is 14.4. The molecule has 0 N–H and O–H groups in total. The highest BCUT2D eigenvalue weighted by molar-refractivity contribution is 7.13. The minimum absolute atomic E-state index is 1.27. The molecule has 0 spiro atoms. The Labute approximate surface area is 151 Å². The maximum absolute atomic E-state index is 2.25. The number of hydrogen-bond acceptors (Lipinski definition) is 1. The van der Waals surface area contributed by atoms with Crippen molar-refractivity contribution < 1.29 is 0 Å². The van der Waals surface area contributed by atoms with Gasteiger partial charge >= 0.3 is 0 Å². The first-order valence-electron chi connectivity index (χ1n) is 8.46. The van der Waals surface area contributed by atoms with E-state index in [0.717, 1.165) is 0 Å². The van der Waals surface area contributed by atoms with Gasteiger partial charge in [0.2, 0.25) is 0 Å². The quantitative estimate of drug-likeness (QED) is 0.295. The Morgan fingerprint density at radius 3 is 1.48 bits per heavy atom. The van der Waals surface area contributed by atoms with Gasteiger partial charge in [-0.1, -0.05) is 84.9 Å². The highest BCUT2D eigenvalue weighted by Crippen LogP contribution is 2.44. The van der Waals surface area contributed by atoms with Crippen molar-refractivity contribution in [1.82, 2.24) is 0 Å². The molecule has 0 saturated carbocycles. The zero-order valence-electron chi connectivity index (χ0n) is 13.6. The van der Waals surface area contributed by atoms with Crippen molar-refractivity contribution in [2.45, 2.75) is 0 Å². The molecule has 0 bridgehead atoms. The average molecular weight is 336 g/mol. The molecule has 0 fully saturated rings. The Kier molecular flexibility index (Phi) is 3.39. The number of fused-ring (bicyclic) bond motifs is 2. The predicted molar refractivity (Wildman–Crippen MR) is 110 cm³/mol. The van der Waals surface area contributed by atoms with Crippen LogP contribution in [0, 0.1) is 0 Å². The normalized spacial score (nSPS) is 11.2. The van der Waals surface area contributed by atoms with Crippen molar-refractivity contribution in [3.8, 4) is 21.6 Å². The van der Waals surface area contributed by atoms with Gasteiger partial charge in [-0.15, -0.1) is 11.3 Å². The summed E-state index contributed by atoms with van der Waals surface area (Å²) in [5, 5.41) is 7.43. The van der Waals surface area contributed by atoms with Crippen molar-refractivity contribution in [2.75, 3.05) is 0 Å². The largest absolute Gasteiger partial charge is 0.144 e. The van der Waals surface area contributed by atoms with Crippen LogP contribution in [0.4, 0.5) is 0 Å². The van der Waals surface area contributed by atoms with Gasteiger partial charge in [0.05, 0.1) is 0 Å². The van der Waals surface area contributed by atoms with E-state index in [1.165, 1.54) is 43.1 Å². The molecule has 0 aliphatic rings. The lowest BCUT2D eigenvalue weighted by Crippen LogP contribution is -1.89. The second-order valence-electron chi connectivity index (χ2n) is 6.18. The summed E-state index contributed by atoms with van der Waals surface area (Å²) in [6, 6.07) is 32.7. The van der Waals surface area contributed by atoms with Gasteiger partial charge in [-0.3, -0.25) is 0 Å². The molecule has 0 radical (unpaired) electrons. The molecule has 1 heteroatoms.